The molecule has 1 N–H and O–H groups in total. The number of aromatic nitrogens is 3. The Morgan fingerprint density at radius 1 is 1.28 bits per heavy atom. The predicted molar refractivity (Wildman–Crippen MR) is 101 cm³/mol. The normalized spacial score (nSPS) is 12.5. The minimum atomic E-state index is 0.285. The molecule has 1 aromatic carbocycles. The molecule has 4 rings (SSSR count). The molecule has 0 amide bonds. The second kappa shape index (κ2) is 7.37. The highest BCUT2D eigenvalue weighted by atomic mass is 32.2. The Hall–Kier alpha value is -2.19. The number of rotatable bonds is 7. The van der Waals surface area contributed by atoms with E-state index in [0.29, 0.717) is 0 Å². The van der Waals surface area contributed by atoms with Crippen LogP contribution in [0.2, 0.25) is 0 Å². The number of thiophene rings is 1. The maximum atomic E-state index is 5.51. The first-order chi connectivity index (χ1) is 12.4. The van der Waals surface area contributed by atoms with Crippen LogP contribution in [0, 0.1) is 0 Å². The predicted octanol–water partition coefficient (Wildman–Crippen LogP) is 3.96. The number of para-hydroxylation sites is 1. The lowest BCUT2D eigenvalue weighted by atomic mass is 10.2. The fraction of sp³-hybridized carbons (Fsp3) is 0.294. The quantitative estimate of drug-likeness (QED) is 0.499. The smallest absolute Gasteiger partial charge is 0.231 e. The van der Waals surface area contributed by atoms with Crippen LogP contribution in [0.15, 0.2) is 40.2 Å². The highest BCUT2D eigenvalue weighted by molar-refractivity contribution is 7.99. The third-order valence-electron chi connectivity index (χ3n) is 3.86. The molecule has 0 radical (unpaired) electrons. The van der Waals surface area contributed by atoms with Gasteiger partial charge in [-0.05, 0) is 30.5 Å². The van der Waals surface area contributed by atoms with Gasteiger partial charge in [-0.3, -0.25) is 0 Å². The van der Waals surface area contributed by atoms with Crippen molar-refractivity contribution in [2.24, 2.45) is 0 Å². The molecule has 0 fully saturated rings. The molecule has 0 bridgehead atoms. The Kier molecular flexibility index (Phi) is 4.80. The summed E-state index contributed by atoms with van der Waals surface area (Å²) in [6, 6.07) is 7.96. The summed E-state index contributed by atoms with van der Waals surface area (Å²) in [7, 11) is 0. The molecule has 0 unspecified atom stereocenters. The zero-order valence-electron chi connectivity index (χ0n) is 13.8. The first-order valence-corrected chi connectivity index (χ1v) is 10.0. The van der Waals surface area contributed by atoms with Crippen molar-refractivity contribution in [1.82, 2.24) is 14.8 Å². The Morgan fingerprint density at radius 3 is 3.08 bits per heavy atom. The Morgan fingerprint density at radius 2 is 2.24 bits per heavy atom. The highest BCUT2D eigenvalue weighted by Crippen LogP contribution is 2.38. The standard InChI is InChI=1S/C17H18N4O2S2/c1-2-21-16(12-6-8-24-10-12)19-20-17(21)25-9-7-18-13-4-3-5-14-15(13)23-11-22-14/h3-6,8,10,18H,2,7,9,11H2,1H3. The van der Waals surface area contributed by atoms with Crippen molar-refractivity contribution < 1.29 is 9.47 Å². The Bertz CT molecular complexity index is 848. The molecule has 0 aliphatic carbocycles. The van der Waals surface area contributed by atoms with Gasteiger partial charge in [0.2, 0.25) is 6.79 Å². The van der Waals surface area contributed by atoms with Gasteiger partial charge in [-0.15, -0.1) is 10.2 Å². The molecule has 0 atom stereocenters. The van der Waals surface area contributed by atoms with Crippen molar-refractivity contribution in [3.05, 3.63) is 35.0 Å². The summed E-state index contributed by atoms with van der Waals surface area (Å²) in [5, 5.41) is 17.2. The average molecular weight is 374 g/mol. The third kappa shape index (κ3) is 3.32. The average Bonchev–Trinajstić information content (AvgIpc) is 3.38. The van der Waals surface area contributed by atoms with Crippen molar-refractivity contribution >= 4 is 28.8 Å². The zero-order chi connectivity index (χ0) is 17.1. The minimum Gasteiger partial charge on any atom is -0.454 e. The van der Waals surface area contributed by atoms with Crippen LogP contribution < -0.4 is 14.8 Å². The van der Waals surface area contributed by atoms with Crippen molar-refractivity contribution in [2.45, 2.75) is 18.6 Å². The number of fused-ring (bicyclic) bond motifs is 1. The van der Waals surface area contributed by atoms with E-state index in [1.165, 1.54) is 0 Å². The lowest BCUT2D eigenvalue weighted by molar-refractivity contribution is 0.174. The molecule has 2 aromatic heterocycles. The molecular formula is C17H18N4O2S2. The fourth-order valence-electron chi connectivity index (χ4n) is 2.68. The van der Waals surface area contributed by atoms with Gasteiger partial charge in [0.05, 0.1) is 5.69 Å². The van der Waals surface area contributed by atoms with E-state index in [1.54, 1.807) is 23.1 Å². The van der Waals surface area contributed by atoms with Crippen LogP contribution >= 0.6 is 23.1 Å². The van der Waals surface area contributed by atoms with E-state index in [4.69, 9.17) is 9.47 Å². The van der Waals surface area contributed by atoms with E-state index >= 15 is 0 Å². The summed E-state index contributed by atoms with van der Waals surface area (Å²) < 4.78 is 13.1. The molecule has 130 valence electrons. The first kappa shape index (κ1) is 16.3. The van der Waals surface area contributed by atoms with Gasteiger partial charge in [-0.1, -0.05) is 17.8 Å². The van der Waals surface area contributed by atoms with Gasteiger partial charge >= 0.3 is 0 Å². The summed E-state index contributed by atoms with van der Waals surface area (Å²) in [4.78, 5) is 0. The molecule has 1 aliphatic heterocycles. The molecule has 8 heteroatoms. The van der Waals surface area contributed by atoms with Crippen LogP contribution in [0.5, 0.6) is 11.5 Å². The monoisotopic (exact) mass is 374 g/mol. The van der Waals surface area contributed by atoms with E-state index in [2.05, 4.69) is 43.8 Å². The van der Waals surface area contributed by atoms with Crippen LogP contribution in [-0.4, -0.2) is 33.9 Å². The van der Waals surface area contributed by atoms with E-state index < -0.39 is 0 Å². The second-order valence-corrected chi connectivity index (χ2v) is 7.22. The number of hydrogen-bond donors (Lipinski definition) is 1. The fourth-order valence-corrected chi connectivity index (χ4v) is 4.17. The summed E-state index contributed by atoms with van der Waals surface area (Å²) >= 11 is 3.37. The molecule has 0 saturated heterocycles. The Balaban J connectivity index is 1.37. The van der Waals surface area contributed by atoms with Crippen molar-refractivity contribution in [2.75, 3.05) is 24.4 Å². The lowest BCUT2D eigenvalue weighted by Crippen LogP contribution is -2.06. The molecule has 1 aliphatic rings. The summed E-state index contributed by atoms with van der Waals surface area (Å²) in [6.45, 7) is 4.06. The van der Waals surface area contributed by atoms with Crippen molar-refractivity contribution in [1.29, 1.82) is 0 Å². The highest BCUT2D eigenvalue weighted by Gasteiger charge is 2.17. The van der Waals surface area contributed by atoms with Crippen molar-refractivity contribution in [3.63, 3.8) is 0 Å². The van der Waals surface area contributed by atoms with Crippen molar-refractivity contribution in [3.8, 4) is 22.9 Å². The van der Waals surface area contributed by atoms with E-state index in [1.807, 2.05) is 18.2 Å². The number of ether oxygens (including phenoxy) is 2. The third-order valence-corrected chi connectivity index (χ3v) is 5.51. The topological polar surface area (TPSA) is 61.2 Å². The van der Waals surface area contributed by atoms with Gasteiger partial charge in [0.15, 0.2) is 22.5 Å². The van der Waals surface area contributed by atoms with Crippen LogP contribution in [0.1, 0.15) is 6.92 Å². The van der Waals surface area contributed by atoms with Gasteiger partial charge in [0, 0.05) is 29.8 Å². The number of thioether (sulfide) groups is 1. The SMILES string of the molecule is CCn1c(SCCNc2cccc3c2OCO3)nnc1-c1ccsc1. The van der Waals surface area contributed by atoms with Crippen LogP contribution in [0.25, 0.3) is 11.4 Å². The number of hydrogen-bond acceptors (Lipinski definition) is 7. The summed E-state index contributed by atoms with van der Waals surface area (Å²) in [5.74, 6) is 3.41. The second-order valence-electron chi connectivity index (χ2n) is 5.38. The van der Waals surface area contributed by atoms with Gasteiger partial charge in [0.1, 0.15) is 0 Å². The van der Waals surface area contributed by atoms with E-state index in [-0.39, 0.29) is 6.79 Å². The Labute approximate surface area is 154 Å². The van der Waals surface area contributed by atoms with Crippen LogP contribution in [-0.2, 0) is 6.54 Å². The van der Waals surface area contributed by atoms with E-state index in [0.717, 1.165) is 52.6 Å². The molecule has 3 heterocycles. The first-order valence-electron chi connectivity index (χ1n) is 8.08. The number of anilines is 1. The number of benzene rings is 1. The maximum absolute atomic E-state index is 5.51. The lowest BCUT2D eigenvalue weighted by Gasteiger charge is -2.09. The van der Waals surface area contributed by atoms with E-state index in [9.17, 15) is 0 Å². The molecule has 0 spiro atoms. The molecule has 0 saturated carbocycles. The minimum absolute atomic E-state index is 0.285. The summed E-state index contributed by atoms with van der Waals surface area (Å²) in [6.07, 6.45) is 0. The molecule has 3 aromatic rings. The van der Waals surface area contributed by atoms with Crippen LogP contribution in [0.3, 0.4) is 0 Å². The van der Waals surface area contributed by atoms with Gasteiger partial charge < -0.3 is 19.4 Å². The summed E-state index contributed by atoms with van der Waals surface area (Å²) in [5.41, 5.74) is 2.09. The van der Waals surface area contributed by atoms with Crippen LogP contribution in [0.4, 0.5) is 5.69 Å². The largest absolute Gasteiger partial charge is 0.454 e. The number of nitrogens with zero attached hydrogens (tertiary/aromatic N) is 3. The van der Waals surface area contributed by atoms with Gasteiger partial charge in [-0.2, -0.15) is 11.3 Å². The van der Waals surface area contributed by atoms with Gasteiger partial charge in [0.25, 0.3) is 0 Å². The van der Waals surface area contributed by atoms with Gasteiger partial charge in [-0.25, -0.2) is 0 Å². The molecule has 25 heavy (non-hydrogen) atoms. The number of nitrogens with one attached hydrogen (secondary N) is 1. The maximum Gasteiger partial charge on any atom is 0.231 e. The zero-order valence-corrected chi connectivity index (χ0v) is 15.4. The molecule has 6 nitrogen and oxygen atoms in total. The molecular weight excluding hydrogens is 356 g/mol.